The zero-order valence-electron chi connectivity index (χ0n) is 20.5. The Kier molecular flexibility index (Phi) is 6.85. The molecule has 11 heteroatoms. The summed E-state index contributed by atoms with van der Waals surface area (Å²) in [5.41, 5.74) is 1.55. The summed E-state index contributed by atoms with van der Waals surface area (Å²) in [5, 5.41) is 17.5. The molecular weight excluding hydrogens is 468 g/mol. The molecule has 1 aliphatic rings. The molecule has 0 radical (unpaired) electrons. The van der Waals surface area contributed by atoms with Crippen LogP contribution >= 0.6 is 0 Å². The van der Waals surface area contributed by atoms with Crippen LogP contribution in [0.15, 0.2) is 36.4 Å². The first-order valence-electron chi connectivity index (χ1n) is 11.7. The number of aliphatic hydroxyl groups is 1. The average Bonchev–Trinajstić information content (AvgIpc) is 3.18. The van der Waals surface area contributed by atoms with E-state index in [4.69, 9.17) is 0 Å². The number of carbonyl (C=O) groups is 1. The molecule has 188 valence electrons. The predicted molar refractivity (Wildman–Crippen MR) is 135 cm³/mol. The minimum atomic E-state index is -3.25. The van der Waals surface area contributed by atoms with Crippen LogP contribution in [0.5, 0.6) is 0 Å². The molecule has 1 amide bonds. The Labute approximate surface area is 205 Å². The van der Waals surface area contributed by atoms with E-state index in [1.807, 2.05) is 19.9 Å². The number of nitrogens with one attached hydrogen (secondary N) is 1. The van der Waals surface area contributed by atoms with Gasteiger partial charge >= 0.3 is 0 Å². The van der Waals surface area contributed by atoms with E-state index in [0.29, 0.717) is 55.2 Å². The lowest BCUT2D eigenvalue weighted by Crippen LogP contribution is -2.49. The molecule has 3 aromatic rings. The monoisotopic (exact) mass is 500 g/mol. The van der Waals surface area contributed by atoms with E-state index in [9.17, 15) is 18.3 Å². The molecular formula is C24H32N6O4S. The molecule has 4 rings (SSSR count). The fraction of sp³-hybridized carbons (Fsp3) is 0.458. The molecule has 0 unspecified atom stereocenters. The zero-order valence-corrected chi connectivity index (χ0v) is 21.3. The van der Waals surface area contributed by atoms with Gasteiger partial charge in [0.25, 0.3) is 5.91 Å². The van der Waals surface area contributed by atoms with Gasteiger partial charge in [0.15, 0.2) is 5.65 Å². The van der Waals surface area contributed by atoms with Crippen LogP contribution in [-0.2, 0) is 15.6 Å². The summed E-state index contributed by atoms with van der Waals surface area (Å²) in [6.07, 6.45) is 0.587. The number of aryl methyl sites for hydroxylation is 1. The number of rotatable bonds is 7. The first-order valence-corrected chi connectivity index (χ1v) is 13.3. The number of sulfonamides is 1. The van der Waals surface area contributed by atoms with E-state index >= 15 is 0 Å². The third-order valence-corrected chi connectivity index (χ3v) is 8.12. The standard InChI is InChI=1S/C24H32N6O4S/c1-5-14-35(33,34)29-12-10-28(11-13-29)22-16-20(25-21-15-17(2)27-30(21)22)26-23(31)18-6-8-19(9-7-18)24(3,4)32/h6-9,15-16,32H,5,10-14H2,1-4H3,(H,25,26,31). The van der Waals surface area contributed by atoms with Gasteiger partial charge in [-0.2, -0.15) is 13.9 Å². The first kappa shape index (κ1) is 25.1. The quantitative estimate of drug-likeness (QED) is 0.511. The highest BCUT2D eigenvalue weighted by atomic mass is 32.2. The highest BCUT2D eigenvalue weighted by Gasteiger charge is 2.28. The predicted octanol–water partition coefficient (Wildman–Crippen LogP) is 2.38. The van der Waals surface area contributed by atoms with Gasteiger partial charge in [0.2, 0.25) is 10.0 Å². The summed E-state index contributed by atoms with van der Waals surface area (Å²) in [6, 6.07) is 10.4. The molecule has 0 atom stereocenters. The number of aromatic nitrogens is 3. The Bertz CT molecular complexity index is 1320. The number of hydrogen-bond acceptors (Lipinski definition) is 7. The second-order valence-corrected chi connectivity index (χ2v) is 11.4. The number of amides is 1. The van der Waals surface area contributed by atoms with Crippen molar-refractivity contribution in [3.05, 3.63) is 53.2 Å². The first-order chi connectivity index (χ1) is 16.5. The highest BCUT2D eigenvalue weighted by molar-refractivity contribution is 7.89. The molecule has 1 aliphatic heterocycles. The SMILES string of the molecule is CCCS(=O)(=O)N1CCN(c2cc(NC(=O)c3ccc(C(C)(C)O)cc3)nc3cc(C)nn23)CC1. The number of benzene rings is 1. The van der Waals surface area contributed by atoms with Crippen molar-refractivity contribution in [2.24, 2.45) is 0 Å². The van der Waals surface area contributed by atoms with E-state index < -0.39 is 15.6 Å². The molecule has 0 saturated carbocycles. The molecule has 0 spiro atoms. The normalized spacial score (nSPS) is 15.5. The summed E-state index contributed by atoms with van der Waals surface area (Å²) in [4.78, 5) is 19.5. The van der Waals surface area contributed by atoms with Gasteiger partial charge in [0.1, 0.15) is 11.6 Å². The summed E-state index contributed by atoms with van der Waals surface area (Å²) >= 11 is 0. The lowest BCUT2D eigenvalue weighted by atomic mass is 9.97. The summed E-state index contributed by atoms with van der Waals surface area (Å²) in [6.45, 7) is 8.91. The number of hydrogen-bond donors (Lipinski definition) is 2. The van der Waals surface area contributed by atoms with Crippen LogP contribution in [0.2, 0.25) is 0 Å². The van der Waals surface area contributed by atoms with Gasteiger partial charge in [0.05, 0.1) is 17.0 Å². The third-order valence-electron chi connectivity index (χ3n) is 6.04. The van der Waals surface area contributed by atoms with Gasteiger partial charge in [-0.25, -0.2) is 13.4 Å². The molecule has 3 heterocycles. The van der Waals surface area contributed by atoms with Crippen molar-refractivity contribution in [2.75, 3.05) is 42.1 Å². The van der Waals surface area contributed by atoms with Crippen molar-refractivity contribution in [3.8, 4) is 0 Å². The van der Waals surface area contributed by atoms with Gasteiger partial charge in [-0.1, -0.05) is 19.1 Å². The van der Waals surface area contributed by atoms with Crippen LogP contribution in [0, 0.1) is 6.92 Å². The van der Waals surface area contributed by atoms with E-state index in [1.54, 1.807) is 53.0 Å². The van der Waals surface area contributed by atoms with Gasteiger partial charge < -0.3 is 15.3 Å². The molecule has 10 nitrogen and oxygen atoms in total. The van der Waals surface area contributed by atoms with Crippen LogP contribution in [0.4, 0.5) is 11.6 Å². The topological polar surface area (TPSA) is 120 Å². The molecule has 2 aromatic heterocycles. The minimum absolute atomic E-state index is 0.151. The Hall–Kier alpha value is -3.02. The van der Waals surface area contributed by atoms with Crippen molar-refractivity contribution in [1.82, 2.24) is 18.9 Å². The molecule has 0 bridgehead atoms. The van der Waals surface area contributed by atoms with E-state index in [-0.39, 0.29) is 11.7 Å². The summed E-state index contributed by atoms with van der Waals surface area (Å²) in [5.74, 6) is 0.952. The van der Waals surface area contributed by atoms with Gasteiger partial charge in [-0.3, -0.25) is 4.79 Å². The summed E-state index contributed by atoms with van der Waals surface area (Å²) in [7, 11) is -3.25. The maximum atomic E-state index is 12.9. The second kappa shape index (κ2) is 9.56. The maximum Gasteiger partial charge on any atom is 0.256 e. The minimum Gasteiger partial charge on any atom is -0.386 e. The largest absolute Gasteiger partial charge is 0.386 e. The molecule has 1 saturated heterocycles. The van der Waals surface area contributed by atoms with Crippen LogP contribution in [0.3, 0.4) is 0 Å². The molecule has 35 heavy (non-hydrogen) atoms. The molecule has 1 fully saturated rings. The Morgan fingerprint density at radius 3 is 2.37 bits per heavy atom. The van der Waals surface area contributed by atoms with E-state index in [1.165, 1.54) is 0 Å². The Morgan fingerprint density at radius 2 is 1.77 bits per heavy atom. The van der Waals surface area contributed by atoms with Crippen molar-refractivity contribution in [3.63, 3.8) is 0 Å². The fourth-order valence-corrected chi connectivity index (χ4v) is 5.66. The van der Waals surface area contributed by atoms with Crippen molar-refractivity contribution >= 4 is 33.2 Å². The number of nitrogens with zero attached hydrogens (tertiary/aromatic N) is 5. The van der Waals surface area contributed by atoms with Crippen molar-refractivity contribution in [2.45, 2.75) is 39.7 Å². The Morgan fingerprint density at radius 1 is 1.11 bits per heavy atom. The lowest BCUT2D eigenvalue weighted by molar-refractivity contribution is 0.0785. The third kappa shape index (κ3) is 5.47. The van der Waals surface area contributed by atoms with Crippen molar-refractivity contribution in [1.29, 1.82) is 0 Å². The van der Waals surface area contributed by atoms with Crippen molar-refractivity contribution < 1.29 is 18.3 Å². The van der Waals surface area contributed by atoms with E-state index in [2.05, 4.69) is 20.3 Å². The fourth-order valence-electron chi connectivity index (χ4n) is 4.16. The van der Waals surface area contributed by atoms with Crippen LogP contribution in [0.25, 0.3) is 5.65 Å². The van der Waals surface area contributed by atoms with Crippen LogP contribution < -0.4 is 10.2 Å². The van der Waals surface area contributed by atoms with Crippen LogP contribution in [0.1, 0.15) is 48.8 Å². The molecule has 1 aromatic carbocycles. The summed E-state index contributed by atoms with van der Waals surface area (Å²) < 4.78 is 28.2. The number of fused-ring (bicyclic) bond motifs is 1. The van der Waals surface area contributed by atoms with Gasteiger partial charge in [0, 0.05) is 43.9 Å². The van der Waals surface area contributed by atoms with Gasteiger partial charge in [-0.15, -0.1) is 0 Å². The smallest absolute Gasteiger partial charge is 0.256 e. The Balaban J connectivity index is 1.57. The van der Waals surface area contributed by atoms with Crippen LogP contribution in [-0.4, -0.2) is 70.3 Å². The highest BCUT2D eigenvalue weighted by Crippen LogP contribution is 2.24. The number of anilines is 2. The van der Waals surface area contributed by atoms with E-state index in [0.717, 1.165) is 11.5 Å². The second-order valence-electron chi connectivity index (χ2n) is 9.35. The molecule has 0 aliphatic carbocycles. The van der Waals surface area contributed by atoms with Gasteiger partial charge in [-0.05, 0) is 44.9 Å². The molecule has 2 N–H and O–H groups in total. The lowest BCUT2D eigenvalue weighted by Gasteiger charge is -2.35. The maximum absolute atomic E-state index is 12.9. The number of piperazine rings is 1. The zero-order chi connectivity index (χ0) is 25.4. The average molecular weight is 501 g/mol. The number of carbonyl (C=O) groups excluding carboxylic acids is 1.